The molecule has 0 aliphatic heterocycles. The number of aryl methyl sites for hydroxylation is 6. The average Bonchev–Trinajstić information content (AvgIpc) is 3.39. The lowest BCUT2D eigenvalue weighted by atomic mass is 9.69. The average molecular weight is 1030 g/mol. The van der Waals surface area contributed by atoms with E-state index >= 15 is 0 Å². The third-order valence-electron chi connectivity index (χ3n) is 16.6. The van der Waals surface area contributed by atoms with Gasteiger partial charge in [-0.2, -0.15) is 0 Å². The molecule has 2 unspecified atom stereocenters. The van der Waals surface area contributed by atoms with E-state index < -0.39 is 23.3 Å². The van der Waals surface area contributed by atoms with Gasteiger partial charge in [-0.15, -0.1) is 0 Å². The summed E-state index contributed by atoms with van der Waals surface area (Å²) in [6.07, 6.45) is 6.52. The molecular formula is C69H86O7. The molecule has 0 aromatic heterocycles. The number of carboxylic acid groups (broad SMARTS) is 1. The summed E-state index contributed by atoms with van der Waals surface area (Å²) < 4.78 is 0. The van der Waals surface area contributed by atoms with Crippen LogP contribution in [0.3, 0.4) is 0 Å². The van der Waals surface area contributed by atoms with Crippen LogP contribution in [0.1, 0.15) is 191 Å². The van der Waals surface area contributed by atoms with Crippen molar-refractivity contribution in [2.75, 3.05) is 0 Å². The van der Waals surface area contributed by atoms with Gasteiger partial charge in [0, 0.05) is 28.9 Å². The highest BCUT2D eigenvalue weighted by Gasteiger charge is 2.33. The maximum Gasteiger partial charge on any atom is 0.377 e. The number of carboxylic acids is 1. The van der Waals surface area contributed by atoms with Gasteiger partial charge in [0.15, 0.2) is 5.78 Å². The van der Waals surface area contributed by atoms with Crippen LogP contribution < -0.4 is 0 Å². The van der Waals surface area contributed by atoms with Crippen molar-refractivity contribution in [1.29, 1.82) is 0 Å². The molecule has 0 spiro atoms. The van der Waals surface area contributed by atoms with Crippen LogP contribution in [0.25, 0.3) is 22.3 Å². The van der Waals surface area contributed by atoms with Crippen molar-refractivity contribution < 1.29 is 34.5 Å². The summed E-state index contributed by atoms with van der Waals surface area (Å²) in [5.41, 5.74) is 17.0. The monoisotopic (exact) mass is 1030 g/mol. The zero-order valence-electron chi connectivity index (χ0n) is 48.3. The fourth-order valence-corrected chi connectivity index (χ4v) is 11.0. The van der Waals surface area contributed by atoms with Crippen molar-refractivity contribution in [3.63, 3.8) is 0 Å². The van der Waals surface area contributed by atoms with E-state index in [0.29, 0.717) is 5.56 Å². The molecule has 76 heavy (non-hydrogen) atoms. The molecule has 404 valence electrons. The van der Waals surface area contributed by atoms with Gasteiger partial charge < -0.3 is 15.3 Å². The van der Waals surface area contributed by atoms with Gasteiger partial charge in [0.25, 0.3) is 5.78 Å². The van der Waals surface area contributed by atoms with Crippen LogP contribution in [0.2, 0.25) is 0 Å². The molecule has 6 rings (SSSR count). The van der Waals surface area contributed by atoms with Crippen LogP contribution in [-0.2, 0) is 33.3 Å². The summed E-state index contributed by atoms with van der Waals surface area (Å²) in [5.74, 6) is -3.24. The first-order chi connectivity index (χ1) is 35.7. The Bertz CT molecular complexity index is 2780. The van der Waals surface area contributed by atoms with Crippen molar-refractivity contribution in [2.45, 2.75) is 178 Å². The number of aliphatic hydroxyl groups excluding tert-OH is 2. The number of benzene rings is 6. The Morgan fingerprint density at radius 2 is 0.737 bits per heavy atom. The number of rotatable bonds is 20. The molecule has 6 aromatic rings. The fraction of sp³-hybridized carbons (Fsp3) is 0.420. The Morgan fingerprint density at radius 3 is 1.00 bits per heavy atom. The molecule has 0 heterocycles. The third kappa shape index (κ3) is 13.8. The topological polar surface area (TPSA) is 129 Å². The Kier molecular flexibility index (Phi) is 20.1. The first-order valence-electron chi connectivity index (χ1n) is 27.5. The van der Waals surface area contributed by atoms with Gasteiger partial charge >= 0.3 is 5.97 Å². The van der Waals surface area contributed by atoms with E-state index in [0.717, 1.165) is 79.2 Å². The quantitative estimate of drug-likeness (QED) is 0.0513. The molecule has 7 heteroatoms. The van der Waals surface area contributed by atoms with Crippen LogP contribution in [0.15, 0.2) is 121 Å². The van der Waals surface area contributed by atoms with Gasteiger partial charge in [-0.3, -0.25) is 14.4 Å². The lowest BCUT2D eigenvalue weighted by Crippen LogP contribution is -2.27. The summed E-state index contributed by atoms with van der Waals surface area (Å²) in [6.45, 7) is 31.4. The number of carbonyl (C=O) groups is 4. The summed E-state index contributed by atoms with van der Waals surface area (Å²) >= 11 is 0. The van der Waals surface area contributed by atoms with Crippen molar-refractivity contribution in [3.8, 4) is 22.3 Å². The molecule has 0 bridgehead atoms. The van der Waals surface area contributed by atoms with Crippen LogP contribution in [0.4, 0.5) is 0 Å². The molecule has 0 aliphatic carbocycles. The normalized spacial score (nSPS) is 12.9. The minimum atomic E-state index is -1.44. The second-order valence-electron chi connectivity index (χ2n) is 23.4. The lowest BCUT2D eigenvalue weighted by Gasteiger charge is -2.34. The number of aliphatic hydroxyl groups is 2. The Hall–Kier alpha value is -6.28. The molecule has 0 radical (unpaired) electrons. The maximum absolute atomic E-state index is 12.0. The predicted molar refractivity (Wildman–Crippen MR) is 313 cm³/mol. The van der Waals surface area contributed by atoms with Gasteiger partial charge in [-0.05, 0) is 168 Å². The second-order valence-corrected chi connectivity index (χ2v) is 23.4. The second kappa shape index (κ2) is 25.2. The lowest BCUT2D eigenvalue weighted by molar-refractivity contribution is -0.131. The highest BCUT2D eigenvalue weighted by atomic mass is 16.4. The minimum Gasteiger partial charge on any atom is -0.475 e. The molecule has 0 saturated heterocycles. The van der Waals surface area contributed by atoms with E-state index in [2.05, 4.69) is 170 Å². The molecule has 0 aliphatic rings. The van der Waals surface area contributed by atoms with E-state index in [9.17, 15) is 29.4 Å². The van der Waals surface area contributed by atoms with Crippen LogP contribution >= 0.6 is 0 Å². The number of aliphatic carboxylic acids is 1. The largest absolute Gasteiger partial charge is 0.475 e. The Morgan fingerprint density at radius 1 is 0.434 bits per heavy atom. The Balaban J connectivity index is 0.000000281. The van der Waals surface area contributed by atoms with Gasteiger partial charge in [0.2, 0.25) is 5.78 Å². The molecule has 0 fully saturated rings. The van der Waals surface area contributed by atoms with Gasteiger partial charge in [0.05, 0.1) is 12.2 Å². The van der Waals surface area contributed by atoms with Crippen molar-refractivity contribution in [1.82, 2.24) is 0 Å². The third-order valence-corrected chi connectivity index (χ3v) is 16.6. The van der Waals surface area contributed by atoms with Crippen LogP contribution in [0.5, 0.6) is 0 Å². The van der Waals surface area contributed by atoms with Gasteiger partial charge in [-0.25, -0.2) is 4.79 Å². The zero-order chi connectivity index (χ0) is 56.5. The smallest absolute Gasteiger partial charge is 0.377 e. The predicted octanol–water partition coefficient (Wildman–Crippen LogP) is 15.9. The summed E-state index contributed by atoms with van der Waals surface area (Å²) in [7, 11) is 0. The van der Waals surface area contributed by atoms with E-state index in [-0.39, 0.29) is 39.4 Å². The number of Topliss-reactive ketones (excluding diaryl/α,β-unsaturated/α-hetero) is 3. The first-order valence-corrected chi connectivity index (χ1v) is 27.5. The zero-order valence-corrected chi connectivity index (χ0v) is 48.3. The number of carbonyl (C=O) groups excluding carboxylic acids is 3. The number of ketones is 3. The molecule has 0 saturated carbocycles. The van der Waals surface area contributed by atoms with Gasteiger partial charge in [-0.1, -0.05) is 191 Å². The standard InChI is InChI=1S/C35H44O3.C34H42O4/c1-9-35(10-2,29-17-15-26(23(3)21-29)16-20-32(37)34(6,7)8)30-18-19-31(24(4)22-30)27-11-13-28(14-12-27)33(38)25(5)36;1-8-34(9-2,27-16-14-24(22(3)20-27)15-19-30(35)33(5,6)7)28-17-18-29(23(4)21-28)25-10-12-26(13-11-25)31(36)32(37)38/h11-15,17-19,21-22,32,37H,9-10,16,20H2,1-8H3;10-14,16-18,20-21,30,35H,8-9,15,19H2,1-7H3,(H,37,38). The molecule has 2 atom stereocenters. The number of hydrogen-bond acceptors (Lipinski definition) is 6. The minimum absolute atomic E-state index is 0.0880. The summed E-state index contributed by atoms with van der Waals surface area (Å²) in [5, 5.41) is 30.0. The molecule has 0 amide bonds. The fourth-order valence-electron chi connectivity index (χ4n) is 11.0. The van der Waals surface area contributed by atoms with Crippen LogP contribution in [-0.4, -0.2) is 50.8 Å². The van der Waals surface area contributed by atoms with E-state index in [1.165, 1.54) is 57.0 Å². The van der Waals surface area contributed by atoms with E-state index in [1.807, 2.05) is 24.3 Å². The highest BCUT2D eigenvalue weighted by molar-refractivity contribution is 6.43. The summed E-state index contributed by atoms with van der Waals surface area (Å²) in [4.78, 5) is 46.2. The van der Waals surface area contributed by atoms with Crippen molar-refractivity contribution >= 4 is 23.3 Å². The molecule has 6 aromatic carbocycles. The molecule has 7 nitrogen and oxygen atoms in total. The molecule has 3 N–H and O–H groups in total. The van der Waals surface area contributed by atoms with E-state index in [1.54, 1.807) is 24.3 Å². The van der Waals surface area contributed by atoms with Crippen molar-refractivity contribution in [3.05, 3.63) is 188 Å². The Labute approximate surface area is 455 Å². The SMILES string of the molecule is CCC(CC)(c1ccc(CCC(O)C(C)(C)C)c(C)c1)c1ccc(-c2ccc(C(=O)C(=O)O)cc2)c(C)c1.CCC(CC)(c1ccc(CCC(O)C(C)(C)C)c(C)c1)c1ccc(-c2ccc(C(=O)C(C)=O)cc2)c(C)c1. The maximum atomic E-state index is 12.0. The summed E-state index contributed by atoms with van der Waals surface area (Å²) in [6, 6.07) is 41.1. The number of hydrogen-bond donors (Lipinski definition) is 3. The van der Waals surface area contributed by atoms with Gasteiger partial charge in [0.1, 0.15) is 0 Å². The first kappa shape index (κ1) is 60.6. The van der Waals surface area contributed by atoms with Crippen LogP contribution in [0, 0.1) is 38.5 Å². The van der Waals surface area contributed by atoms with Crippen molar-refractivity contribution in [2.24, 2.45) is 10.8 Å². The van der Waals surface area contributed by atoms with E-state index in [4.69, 9.17) is 5.11 Å². The highest BCUT2D eigenvalue weighted by Crippen LogP contribution is 2.43. The molecular weight excluding hydrogens is 941 g/mol.